The molecule has 1 aliphatic rings. The summed E-state index contributed by atoms with van der Waals surface area (Å²) in [6.07, 6.45) is 0. The molecule has 1 heterocycles. The van der Waals surface area contributed by atoms with Gasteiger partial charge in [-0.2, -0.15) is 0 Å². The van der Waals surface area contributed by atoms with Gasteiger partial charge in [0, 0.05) is 5.69 Å². The summed E-state index contributed by atoms with van der Waals surface area (Å²) in [7, 11) is 0. The zero-order valence-corrected chi connectivity index (χ0v) is 12.5. The molecule has 4 nitrogen and oxygen atoms in total. The van der Waals surface area contributed by atoms with Gasteiger partial charge >= 0.3 is 5.97 Å². The largest absolute Gasteiger partial charge is 0.477 e. The third kappa shape index (κ3) is 3.46. The van der Waals surface area contributed by atoms with E-state index in [9.17, 15) is 4.79 Å². The fourth-order valence-corrected chi connectivity index (χ4v) is 2.97. The van der Waals surface area contributed by atoms with Crippen LogP contribution in [0.4, 0.5) is 5.69 Å². The summed E-state index contributed by atoms with van der Waals surface area (Å²) in [6.45, 7) is 3.81. The van der Waals surface area contributed by atoms with E-state index in [1.165, 1.54) is 16.8 Å². The van der Waals surface area contributed by atoms with E-state index in [-0.39, 0.29) is 6.54 Å². The second-order valence-corrected chi connectivity index (χ2v) is 5.72. The predicted molar refractivity (Wildman–Crippen MR) is 87.3 cm³/mol. The molecular weight excluding hydrogens is 276 g/mol. The molecule has 0 unspecified atom stereocenters. The molecule has 2 aromatic rings. The lowest BCUT2D eigenvalue weighted by molar-refractivity contribution is -0.893. The second kappa shape index (κ2) is 6.62. The van der Waals surface area contributed by atoms with Crippen LogP contribution in [0.5, 0.6) is 0 Å². The van der Waals surface area contributed by atoms with Crippen molar-refractivity contribution in [3.05, 3.63) is 54.6 Å². The molecule has 0 saturated carbocycles. The van der Waals surface area contributed by atoms with Gasteiger partial charge in [-0.1, -0.05) is 42.5 Å². The van der Waals surface area contributed by atoms with E-state index in [0.29, 0.717) is 0 Å². The third-order valence-electron chi connectivity index (χ3n) is 4.21. The van der Waals surface area contributed by atoms with Gasteiger partial charge in [0.05, 0.1) is 26.2 Å². The molecule has 0 aromatic heterocycles. The highest BCUT2D eigenvalue weighted by molar-refractivity contribution is 5.68. The van der Waals surface area contributed by atoms with Crippen molar-refractivity contribution < 1.29 is 14.8 Å². The first kappa shape index (κ1) is 14.6. The highest BCUT2D eigenvalue weighted by Gasteiger charge is 2.21. The Hall–Kier alpha value is -2.33. The molecule has 22 heavy (non-hydrogen) atoms. The van der Waals surface area contributed by atoms with E-state index < -0.39 is 5.97 Å². The summed E-state index contributed by atoms with van der Waals surface area (Å²) in [5.74, 6) is -0.712. The Balaban J connectivity index is 1.63. The number of nitrogens with one attached hydrogen (secondary N) is 1. The van der Waals surface area contributed by atoms with Gasteiger partial charge in [0.1, 0.15) is 0 Å². The molecular formula is C18H21N2O2+. The maximum Gasteiger partial charge on any atom is 0.359 e. The normalized spacial score (nSPS) is 15.7. The van der Waals surface area contributed by atoms with Crippen LogP contribution < -0.4 is 9.80 Å². The molecule has 1 aliphatic heterocycles. The van der Waals surface area contributed by atoms with Gasteiger partial charge in [-0.25, -0.2) is 4.79 Å². The van der Waals surface area contributed by atoms with Gasteiger partial charge in [-0.05, 0) is 23.3 Å². The van der Waals surface area contributed by atoms with Gasteiger partial charge in [0.2, 0.25) is 0 Å². The second-order valence-electron chi connectivity index (χ2n) is 5.72. The summed E-state index contributed by atoms with van der Waals surface area (Å²) in [5, 5.41) is 8.85. The predicted octanol–water partition coefficient (Wildman–Crippen LogP) is 1.14. The molecule has 1 fully saturated rings. The minimum absolute atomic E-state index is 0.223. The molecule has 0 bridgehead atoms. The van der Waals surface area contributed by atoms with Crippen molar-refractivity contribution in [3.63, 3.8) is 0 Å². The zero-order valence-electron chi connectivity index (χ0n) is 12.5. The van der Waals surface area contributed by atoms with Crippen LogP contribution in [0.25, 0.3) is 11.1 Å². The van der Waals surface area contributed by atoms with Crippen LogP contribution in [0, 0.1) is 0 Å². The lowest BCUT2D eigenvalue weighted by atomic mass is 10.1. The quantitative estimate of drug-likeness (QED) is 0.890. The Labute approximate surface area is 130 Å². The molecule has 2 N–H and O–H groups in total. The first-order valence-corrected chi connectivity index (χ1v) is 7.68. The van der Waals surface area contributed by atoms with E-state index in [1.807, 2.05) is 18.2 Å². The fraction of sp³-hybridized carbons (Fsp3) is 0.278. The monoisotopic (exact) mass is 297 g/mol. The first-order chi connectivity index (χ1) is 10.7. The van der Waals surface area contributed by atoms with Crippen LogP contribution in [0.2, 0.25) is 0 Å². The molecule has 2 aromatic carbocycles. The van der Waals surface area contributed by atoms with Crippen molar-refractivity contribution in [1.82, 2.24) is 0 Å². The molecule has 1 saturated heterocycles. The third-order valence-corrected chi connectivity index (χ3v) is 4.21. The molecule has 0 radical (unpaired) electrons. The van der Waals surface area contributed by atoms with Crippen LogP contribution in [0.3, 0.4) is 0 Å². The number of nitrogens with zero attached hydrogens (tertiary/aromatic N) is 1. The van der Waals surface area contributed by atoms with Gasteiger partial charge in [0.15, 0.2) is 6.54 Å². The van der Waals surface area contributed by atoms with Crippen molar-refractivity contribution in [2.45, 2.75) is 0 Å². The molecule has 114 valence electrons. The van der Waals surface area contributed by atoms with Gasteiger partial charge < -0.3 is 14.9 Å². The Morgan fingerprint density at radius 3 is 2.14 bits per heavy atom. The number of carboxylic acid groups (broad SMARTS) is 1. The topological polar surface area (TPSA) is 45.0 Å². The number of carbonyl (C=O) groups is 1. The van der Waals surface area contributed by atoms with Crippen molar-refractivity contribution >= 4 is 11.7 Å². The number of hydrogen-bond acceptors (Lipinski definition) is 2. The highest BCUT2D eigenvalue weighted by atomic mass is 16.4. The first-order valence-electron chi connectivity index (χ1n) is 7.68. The molecule has 0 spiro atoms. The Morgan fingerprint density at radius 1 is 0.955 bits per heavy atom. The van der Waals surface area contributed by atoms with Crippen LogP contribution >= 0.6 is 0 Å². The summed E-state index contributed by atoms with van der Waals surface area (Å²) in [6, 6.07) is 19.0. The van der Waals surface area contributed by atoms with Gasteiger partial charge in [-0.15, -0.1) is 0 Å². The number of quaternary nitrogens is 1. The minimum atomic E-state index is -0.712. The van der Waals surface area contributed by atoms with E-state index in [2.05, 4.69) is 41.3 Å². The molecule has 0 amide bonds. The van der Waals surface area contributed by atoms with Gasteiger partial charge in [0.25, 0.3) is 0 Å². The maximum absolute atomic E-state index is 10.8. The number of hydrogen-bond donors (Lipinski definition) is 2. The fourth-order valence-electron chi connectivity index (χ4n) is 2.97. The summed E-state index contributed by atoms with van der Waals surface area (Å²) < 4.78 is 0. The van der Waals surface area contributed by atoms with Gasteiger partial charge in [-0.3, -0.25) is 0 Å². The molecule has 0 aliphatic carbocycles. The molecule has 0 atom stereocenters. The number of carboxylic acids is 1. The van der Waals surface area contributed by atoms with Crippen molar-refractivity contribution in [1.29, 1.82) is 0 Å². The average molecular weight is 297 g/mol. The molecule has 3 rings (SSSR count). The van der Waals surface area contributed by atoms with Crippen LogP contribution in [0.15, 0.2) is 54.6 Å². The Morgan fingerprint density at radius 2 is 1.55 bits per heavy atom. The summed E-state index contributed by atoms with van der Waals surface area (Å²) in [4.78, 5) is 14.2. The number of aliphatic carboxylic acids is 1. The zero-order chi connectivity index (χ0) is 15.4. The lowest BCUT2D eigenvalue weighted by Gasteiger charge is -2.33. The van der Waals surface area contributed by atoms with E-state index in [4.69, 9.17) is 5.11 Å². The molecule has 4 heteroatoms. The van der Waals surface area contributed by atoms with E-state index >= 15 is 0 Å². The summed E-state index contributed by atoms with van der Waals surface area (Å²) in [5.41, 5.74) is 3.67. The smallest absolute Gasteiger partial charge is 0.359 e. The van der Waals surface area contributed by atoms with Crippen LogP contribution in [0.1, 0.15) is 0 Å². The van der Waals surface area contributed by atoms with E-state index in [0.717, 1.165) is 31.1 Å². The highest BCUT2D eigenvalue weighted by Crippen LogP contribution is 2.22. The summed E-state index contributed by atoms with van der Waals surface area (Å²) >= 11 is 0. The van der Waals surface area contributed by atoms with Crippen LogP contribution in [-0.4, -0.2) is 43.8 Å². The number of benzene rings is 2. The lowest BCUT2D eigenvalue weighted by Crippen LogP contribution is -3.15. The maximum atomic E-state index is 10.8. The number of rotatable bonds is 4. The Bertz CT molecular complexity index is 617. The SMILES string of the molecule is O=C(O)C[NH+]1CCN(c2ccc(-c3ccccc3)cc2)CC1. The standard InChI is InChI=1S/C18H20N2O2/c21-18(22)14-19-10-12-20(13-11-19)17-8-6-16(7-9-17)15-4-2-1-3-5-15/h1-9H,10-14H2,(H,21,22)/p+1. The average Bonchev–Trinajstić information content (AvgIpc) is 2.56. The van der Waals surface area contributed by atoms with Crippen LogP contribution in [-0.2, 0) is 4.79 Å². The number of piperazine rings is 1. The Kier molecular flexibility index (Phi) is 4.39. The van der Waals surface area contributed by atoms with Crippen molar-refractivity contribution in [2.75, 3.05) is 37.6 Å². The number of anilines is 1. The van der Waals surface area contributed by atoms with Crippen molar-refractivity contribution in [2.24, 2.45) is 0 Å². The van der Waals surface area contributed by atoms with E-state index in [1.54, 1.807) is 0 Å². The minimum Gasteiger partial charge on any atom is -0.477 e. The van der Waals surface area contributed by atoms with Crippen molar-refractivity contribution in [3.8, 4) is 11.1 Å².